The second kappa shape index (κ2) is 5.35. The molecule has 18 heavy (non-hydrogen) atoms. The zero-order chi connectivity index (χ0) is 13.1. The van der Waals surface area contributed by atoms with Crippen LogP contribution in [-0.4, -0.2) is 55.6 Å². The van der Waals surface area contributed by atoms with Gasteiger partial charge in [0.1, 0.15) is 5.69 Å². The van der Waals surface area contributed by atoms with E-state index in [1.54, 1.807) is 25.2 Å². The van der Waals surface area contributed by atoms with Crippen LogP contribution >= 0.6 is 0 Å². The molecule has 1 amide bonds. The van der Waals surface area contributed by atoms with Crippen LogP contribution in [0.3, 0.4) is 0 Å². The number of nitrogens with one attached hydrogen (secondary N) is 1. The van der Waals surface area contributed by atoms with E-state index in [-0.39, 0.29) is 5.91 Å². The van der Waals surface area contributed by atoms with Crippen molar-refractivity contribution in [3.8, 4) is 0 Å². The van der Waals surface area contributed by atoms with Gasteiger partial charge in [0.15, 0.2) is 0 Å². The zero-order valence-electron chi connectivity index (χ0n) is 11.2. The number of anilines is 1. The second-order valence-corrected chi connectivity index (χ2v) is 4.90. The molecule has 0 aliphatic carbocycles. The molecule has 2 rings (SSSR count). The van der Waals surface area contributed by atoms with Crippen molar-refractivity contribution in [2.75, 3.05) is 38.6 Å². The number of nitrogens with zero attached hydrogens (tertiary/aromatic N) is 3. The molecule has 0 bridgehead atoms. The Hall–Kier alpha value is -1.62. The summed E-state index contributed by atoms with van der Waals surface area (Å²) in [5.41, 5.74) is 1.58. The first-order valence-electron chi connectivity index (χ1n) is 6.24. The van der Waals surface area contributed by atoms with E-state index in [1.807, 2.05) is 12.1 Å². The highest BCUT2D eigenvalue weighted by atomic mass is 16.2. The number of amides is 1. The summed E-state index contributed by atoms with van der Waals surface area (Å²) in [5, 5.41) is 3.40. The van der Waals surface area contributed by atoms with Gasteiger partial charge in [-0.2, -0.15) is 0 Å². The molecule has 1 aliphatic rings. The molecule has 1 aromatic heterocycles. The largest absolute Gasteiger partial charge is 0.369 e. The molecule has 1 atom stereocenters. The molecule has 1 aliphatic heterocycles. The number of rotatable bonds is 2. The highest BCUT2D eigenvalue weighted by Crippen LogP contribution is 2.16. The van der Waals surface area contributed by atoms with Crippen LogP contribution in [0.1, 0.15) is 17.4 Å². The van der Waals surface area contributed by atoms with Gasteiger partial charge < -0.3 is 15.1 Å². The van der Waals surface area contributed by atoms with Crippen molar-refractivity contribution in [2.24, 2.45) is 0 Å². The molecule has 0 radical (unpaired) electrons. The maximum atomic E-state index is 11.9. The van der Waals surface area contributed by atoms with E-state index in [1.165, 1.54) is 0 Å². The number of hydrogen-bond donors (Lipinski definition) is 1. The van der Waals surface area contributed by atoms with Gasteiger partial charge in [-0.1, -0.05) is 0 Å². The fourth-order valence-electron chi connectivity index (χ4n) is 2.13. The van der Waals surface area contributed by atoms with Gasteiger partial charge in [0.25, 0.3) is 5.91 Å². The molecule has 0 unspecified atom stereocenters. The molecule has 5 nitrogen and oxygen atoms in total. The summed E-state index contributed by atoms with van der Waals surface area (Å²) in [6.45, 7) is 5.06. The normalized spacial score (nSPS) is 19.7. The maximum absolute atomic E-state index is 11.9. The summed E-state index contributed by atoms with van der Waals surface area (Å²) in [6, 6.07) is 4.31. The molecule has 0 aromatic carbocycles. The SMILES string of the molecule is C[C@@H]1CN(c2ccnc(C(=O)N(C)C)c2)CCN1. The standard InChI is InChI=1S/C13H20N4O/c1-10-9-17(7-6-14-10)11-4-5-15-12(8-11)13(18)16(2)3/h4-5,8,10,14H,6-7,9H2,1-3H3/t10-/m1/s1. The summed E-state index contributed by atoms with van der Waals surface area (Å²) in [7, 11) is 3.48. The smallest absolute Gasteiger partial charge is 0.272 e. The summed E-state index contributed by atoms with van der Waals surface area (Å²) in [4.78, 5) is 19.9. The van der Waals surface area contributed by atoms with Gasteiger partial charge in [0, 0.05) is 51.7 Å². The van der Waals surface area contributed by atoms with E-state index in [0.29, 0.717) is 11.7 Å². The third-order valence-corrected chi connectivity index (χ3v) is 3.10. The van der Waals surface area contributed by atoms with Crippen molar-refractivity contribution in [3.63, 3.8) is 0 Å². The van der Waals surface area contributed by atoms with E-state index in [4.69, 9.17) is 0 Å². The molecule has 1 N–H and O–H groups in total. The average molecular weight is 248 g/mol. The Labute approximate surface area is 108 Å². The van der Waals surface area contributed by atoms with Gasteiger partial charge in [-0.05, 0) is 19.1 Å². The summed E-state index contributed by atoms with van der Waals surface area (Å²) in [6.07, 6.45) is 1.71. The summed E-state index contributed by atoms with van der Waals surface area (Å²) in [5.74, 6) is -0.0555. The molecule has 5 heteroatoms. The van der Waals surface area contributed by atoms with E-state index in [2.05, 4.69) is 22.1 Å². The van der Waals surface area contributed by atoms with E-state index >= 15 is 0 Å². The lowest BCUT2D eigenvalue weighted by atomic mass is 10.2. The number of carbonyl (C=O) groups excluding carboxylic acids is 1. The van der Waals surface area contributed by atoms with Gasteiger partial charge in [0.05, 0.1) is 0 Å². The second-order valence-electron chi connectivity index (χ2n) is 4.90. The van der Waals surface area contributed by atoms with Crippen LogP contribution < -0.4 is 10.2 Å². The number of piperazine rings is 1. The van der Waals surface area contributed by atoms with Crippen molar-refractivity contribution in [3.05, 3.63) is 24.0 Å². The van der Waals surface area contributed by atoms with Crippen LogP contribution in [0, 0.1) is 0 Å². The summed E-state index contributed by atoms with van der Waals surface area (Å²) < 4.78 is 0. The van der Waals surface area contributed by atoms with Gasteiger partial charge in [-0.15, -0.1) is 0 Å². The molecule has 1 saturated heterocycles. The molecule has 0 spiro atoms. The predicted octanol–water partition coefficient (Wildman–Crippen LogP) is 0.582. The van der Waals surface area contributed by atoms with Crippen molar-refractivity contribution >= 4 is 11.6 Å². The zero-order valence-corrected chi connectivity index (χ0v) is 11.2. The molecular weight excluding hydrogens is 228 g/mol. The van der Waals surface area contributed by atoms with Crippen LogP contribution in [0.25, 0.3) is 0 Å². The number of pyridine rings is 1. The van der Waals surface area contributed by atoms with E-state index in [9.17, 15) is 4.79 Å². The van der Waals surface area contributed by atoms with Crippen LogP contribution in [0.4, 0.5) is 5.69 Å². The Kier molecular flexibility index (Phi) is 3.81. The van der Waals surface area contributed by atoms with Crippen molar-refractivity contribution in [1.29, 1.82) is 0 Å². The van der Waals surface area contributed by atoms with Gasteiger partial charge in [-0.3, -0.25) is 9.78 Å². The van der Waals surface area contributed by atoms with Crippen molar-refractivity contribution in [1.82, 2.24) is 15.2 Å². The Morgan fingerprint density at radius 3 is 3.00 bits per heavy atom. The van der Waals surface area contributed by atoms with Crippen molar-refractivity contribution < 1.29 is 4.79 Å². The number of hydrogen-bond acceptors (Lipinski definition) is 4. The van der Waals surface area contributed by atoms with Crippen LogP contribution in [0.2, 0.25) is 0 Å². The molecule has 1 aromatic rings. The molecule has 2 heterocycles. The molecule has 0 saturated carbocycles. The highest BCUT2D eigenvalue weighted by molar-refractivity contribution is 5.92. The highest BCUT2D eigenvalue weighted by Gasteiger charge is 2.17. The first-order chi connectivity index (χ1) is 8.58. The quantitative estimate of drug-likeness (QED) is 0.832. The molecular formula is C13H20N4O. The minimum absolute atomic E-state index is 0.0555. The van der Waals surface area contributed by atoms with Crippen LogP contribution in [-0.2, 0) is 0 Å². The number of carbonyl (C=O) groups is 1. The predicted molar refractivity (Wildman–Crippen MR) is 71.9 cm³/mol. The Morgan fingerprint density at radius 1 is 1.56 bits per heavy atom. The monoisotopic (exact) mass is 248 g/mol. The fourth-order valence-corrected chi connectivity index (χ4v) is 2.13. The van der Waals surface area contributed by atoms with Crippen LogP contribution in [0.15, 0.2) is 18.3 Å². The number of aromatic nitrogens is 1. The Balaban J connectivity index is 2.19. The lowest BCUT2D eigenvalue weighted by Crippen LogP contribution is -2.49. The fraction of sp³-hybridized carbons (Fsp3) is 0.538. The molecule has 1 fully saturated rings. The van der Waals surface area contributed by atoms with Gasteiger partial charge in [0.2, 0.25) is 0 Å². The molecule has 98 valence electrons. The Bertz CT molecular complexity index is 433. The third kappa shape index (κ3) is 2.79. The first-order valence-corrected chi connectivity index (χ1v) is 6.24. The summed E-state index contributed by atoms with van der Waals surface area (Å²) >= 11 is 0. The van der Waals surface area contributed by atoms with Crippen LogP contribution in [0.5, 0.6) is 0 Å². The van der Waals surface area contributed by atoms with Gasteiger partial charge >= 0.3 is 0 Å². The Morgan fingerprint density at radius 2 is 2.33 bits per heavy atom. The van der Waals surface area contributed by atoms with E-state index < -0.39 is 0 Å². The third-order valence-electron chi connectivity index (χ3n) is 3.10. The van der Waals surface area contributed by atoms with Gasteiger partial charge in [-0.25, -0.2) is 0 Å². The minimum atomic E-state index is -0.0555. The lowest BCUT2D eigenvalue weighted by molar-refractivity contribution is 0.0822. The lowest BCUT2D eigenvalue weighted by Gasteiger charge is -2.33. The maximum Gasteiger partial charge on any atom is 0.272 e. The topological polar surface area (TPSA) is 48.5 Å². The van der Waals surface area contributed by atoms with Crippen molar-refractivity contribution in [2.45, 2.75) is 13.0 Å². The minimum Gasteiger partial charge on any atom is -0.369 e. The average Bonchev–Trinajstić information content (AvgIpc) is 2.38. The first kappa shape index (κ1) is 12.8. The van der Waals surface area contributed by atoms with E-state index in [0.717, 1.165) is 25.3 Å².